The fraction of sp³-hybridized carbons (Fsp3) is 0.700. The zero-order valence-corrected chi connectivity index (χ0v) is 9.29. The monoisotopic (exact) mass is 212 g/mol. The second kappa shape index (κ2) is 6.02. The fourth-order valence-corrected chi connectivity index (χ4v) is 0.850. The number of hydrogen-bond acceptors (Lipinski definition) is 4. The van der Waals surface area contributed by atoms with E-state index in [2.05, 4.69) is 10.1 Å². The van der Waals surface area contributed by atoms with Crippen LogP contribution in [0.5, 0.6) is 0 Å². The number of carbonyl (C=O) groups is 2. The molecule has 1 N–H and O–H groups in total. The fourth-order valence-electron chi connectivity index (χ4n) is 0.850. The molecule has 84 valence electrons. The number of carbonyl (C=O) groups excluding carboxylic acids is 2. The van der Waals surface area contributed by atoms with E-state index in [-0.39, 0.29) is 13.2 Å². The number of rotatable bonds is 5. The van der Waals surface area contributed by atoms with Crippen LogP contribution in [-0.4, -0.2) is 25.0 Å². The van der Waals surface area contributed by atoms with E-state index >= 15 is 0 Å². The summed E-state index contributed by atoms with van der Waals surface area (Å²) in [5, 5.41) is 11.2. The lowest BCUT2D eigenvalue weighted by atomic mass is 9.88. The molecule has 5 heteroatoms. The lowest BCUT2D eigenvalue weighted by Crippen LogP contribution is -2.40. The van der Waals surface area contributed by atoms with Crippen molar-refractivity contribution in [2.75, 3.05) is 13.2 Å². The van der Waals surface area contributed by atoms with Crippen molar-refractivity contribution < 1.29 is 14.3 Å². The van der Waals surface area contributed by atoms with E-state index in [0.717, 1.165) is 0 Å². The number of amides is 1. The summed E-state index contributed by atoms with van der Waals surface area (Å²) in [5.74, 6) is -0.942. The molecule has 0 heterocycles. The maximum atomic E-state index is 11.5. The number of nitrogens with zero attached hydrogens (tertiary/aromatic N) is 1. The van der Waals surface area contributed by atoms with Gasteiger partial charge in [0.1, 0.15) is 12.0 Å². The lowest BCUT2D eigenvalue weighted by Gasteiger charge is -2.17. The average molecular weight is 212 g/mol. The van der Waals surface area contributed by atoms with Crippen molar-refractivity contribution in [2.24, 2.45) is 5.41 Å². The Labute approximate surface area is 89.4 Å². The summed E-state index contributed by atoms with van der Waals surface area (Å²) < 4.78 is 4.64. The average Bonchev–Trinajstić information content (AvgIpc) is 2.25. The van der Waals surface area contributed by atoms with E-state index in [1.54, 1.807) is 13.8 Å². The van der Waals surface area contributed by atoms with Crippen LogP contribution in [0.2, 0.25) is 0 Å². The van der Waals surface area contributed by atoms with Crippen LogP contribution in [0.1, 0.15) is 27.2 Å². The van der Waals surface area contributed by atoms with Gasteiger partial charge < -0.3 is 10.1 Å². The van der Waals surface area contributed by atoms with Crippen molar-refractivity contribution in [1.82, 2.24) is 5.32 Å². The van der Waals surface area contributed by atoms with E-state index in [1.165, 1.54) is 6.92 Å². The minimum Gasteiger partial charge on any atom is -0.465 e. The smallest absolute Gasteiger partial charge is 0.325 e. The zero-order valence-electron chi connectivity index (χ0n) is 9.29. The number of nitriles is 1. The van der Waals surface area contributed by atoms with Gasteiger partial charge in [0.15, 0.2) is 0 Å². The molecule has 0 fully saturated rings. The minimum absolute atomic E-state index is 0.191. The summed E-state index contributed by atoms with van der Waals surface area (Å²) in [6.45, 7) is 5.05. The van der Waals surface area contributed by atoms with Crippen molar-refractivity contribution in [3.05, 3.63) is 0 Å². The molecule has 0 saturated carbocycles. The molecule has 0 aliphatic heterocycles. The first-order chi connectivity index (χ1) is 7.00. The molecule has 1 atom stereocenters. The Hall–Kier alpha value is -1.57. The third kappa shape index (κ3) is 3.98. The molecule has 0 aromatic heterocycles. The highest BCUT2D eigenvalue weighted by Crippen LogP contribution is 2.19. The number of nitrogens with one attached hydrogen (secondary N) is 1. The summed E-state index contributed by atoms with van der Waals surface area (Å²) in [7, 11) is 0. The summed E-state index contributed by atoms with van der Waals surface area (Å²) in [6, 6.07) is 1.92. The Bertz CT molecular complexity index is 283. The highest BCUT2D eigenvalue weighted by Gasteiger charge is 2.31. The molecule has 0 bridgehead atoms. The molecular weight excluding hydrogens is 196 g/mol. The number of esters is 1. The quantitative estimate of drug-likeness (QED) is 0.677. The Morgan fingerprint density at radius 3 is 2.47 bits per heavy atom. The van der Waals surface area contributed by atoms with Crippen LogP contribution in [0, 0.1) is 16.7 Å². The first-order valence-corrected chi connectivity index (χ1v) is 4.85. The van der Waals surface area contributed by atoms with E-state index < -0.39 is 17.3 Å². The van der Waals surface area contributed by atoms with Crippen LogP contribution in [-0.2, 0) is 14.3 Å². The Morgan fingerprint density at radius 2 is 2.07 bits per heavy atom. The van der Waals surface area contributed by atoms with E-state index in [1.807, 2.05) is 6.07 Å². The molecule has 0 radical (unpaired) electrons. The predicted octanol–water partition coefficient (Wildman–Crippen LogP) is 0.606. The van der Waals surface area contributed by atoms with Crippen molar-refractivity contribution in [2.45, 2.75) is 27.2 Å². The maximum absolute atomic E-state index is 11.5. The predicted molar refractivity (Wildman–Crippen MR) is 53.7 cm³/mol. The highest BCUT2D eigenvalue weighted by molar-refractivity contribution is 5.87. The van der Waals surface area contributed by atoms with Crippen LogP contribution >= 0.6 is 0 Å². The van der Waals surface area contributed by atoms with Crippen molar-refractivity contribution in [3.63, 3.8) is 0 Å². The molecular formula is C10H16N2O3. The van der Waals surface area contributed by atoms with Gasteiger partial charge in [0.2, 0.25) is 5.91 Å². The van der Waals surface area contributed by atoms with E-state index in [9.17, 15) is 9.59 Å². The van der Waals surface area contributed by atoms with Crippen LogP contribution in [0.25, 0.3) is 0 Å². The van der Waals surface area contributed by atoms with Crippen LogP contribution in [0.15, 0.2) is 0 Å². The summed E-state index contributed by atoms with van der Waals surface area (Å²) in [6.07, 6.45) is 0.401. The molecule has 0 aliphatic carbocycles. The largest absolute Gasteiger partial charge is 0.465 e. The van der Waals surface area contributed by atoms with Crippen molar-refractivity contribution >= 4 is 11.9 Å². The van der Waals surface area contributed by atoms with E-state index in [0.29, 0.717) is 6.42 Å². The molecule has 1 unspecified atom stereocenters. The zero-order chi connectivity index (χ0) is 11.9. The number of ether oxygens (including phenoxy) is 1. The van der Waals surface area contributed by atoms with Gasteiger partial charge in [-0.2, -0.15) is 5.26 Å². The first-order valence-electron chi connectivity index (χ1n) is 4.85. The van der Waals surface area contributed by atoms with Crippen LogP contribution < -0.4 is 5.32 Å². The summed E-state index contributed by atoms with van der Waals surface area (Å²) >= 11 is 0. The molecule has 1 amide bonds. The van der Waals surface area contributed by atoms with E-state index in [4.69, 9.17) is 5.26 Å². The normalized spacial score (nSPS) is 13.5. The standard InChI is InChI=1S/C10H16N2O3/c1-4-10(3,7-11)9(14)12-6-8(13)15-5-2/h4-6H2,1-3H3,(H,12,14). The minimum atomic E-state index is -1.08. The van der Waals surface area contributed by atoms with Gasteiger partial charge in [0, 0.05) is 0 Å². The third-order valence-corrected chi connectivity index (χ3v) is 2.15. The maximum Gasteiger partial charge on any atom is 0.325 e. The SMILES string of the molecule is CCOC(=O)CNC(=O)C(C)(C#N)CC. The topological polar surface area (TPSA) is 79.2 Å². The van der Waals surface area contributed by atoms with Crippen molar-refractivity contribution in [1.29, 1.82) is 5.26 Å². The van der Waals surface area contributed by atoms with Gasteiger partial charge in [0.05, 0.1) is 12.7 Å². The Kier molecular flexibility index (Phi) is 5.39. The van der Waals surface area contributed by atoms with Gasteiger partial charge in [-0.1, -0.05) is 6.92 Å². The molecule has 5 nitrogen and oxygen atoms in total. The van der Waals surface area contributed by atoms with Gasteiger partial charge in [-0.3, -0.25) is 9.59 Å². The second-order valence-corrected chi connectivity index (χ2v) is 3.29. The van der Waals surface area contributed by atoms with Crippen molar-refractivity contribution in [3.8, 4) is 6.07 Å². The Balaban J connectivity index is 4.15. The molecule has 0 aliphatic rings. The summed E-state index contributed by atoms with van der Waals surface area (Å²) in [4.78, 5) is 22.4. The molecule has 0 rings (SSSR count). The summed E-state index contributed by atoms with van der Waals surface area (Å²) in [5.41, 5.74) is -1.08. The molecule has 0 saturated heterocycles. The molecule has 0 spiro atoms. The third-order valence-electron chi connectivity index (χ3n) is 2.15. The first kappa shape index (κ1) is 13.4. The lowest BCUT2D eigenvalue weighted by molar-refractivity contribution is -0.144. The highest BCUT2D eigenvalue weighted by atomic mass is 16.5. The second-order valence-electron chi connectivity index (χ2n) is 3.29. The molecule has 15 heavy (non-hydrogen) atoms. The Morgan fingerprint density at radius 1 is 1.47 bits per heavy atom. The van der Waals surface area contributed by atoms with Gasteiger partial charge in [-0.15, -0.1) is 0 Å². The molecule has 0 aromatic carbocycles. The van der Waals surface area contributed by atoms with Crippen LogP contribution in [0.3, 0.4) is 0 Å². The van der Waals surface area contributed by atoms with Gasteiger partial charge in [-0.05, 0) is 20.3 Å². The molecule has 0 aromatic rings. The van der Waals surface area contributed by atoms with Crippen LogP contribution in [0.4, 0.5) is 0 Å². The van der Waals surface area contributed by atoms with Gasteiger partial charge in [-0.25, -0.2) is 0 Å². The van der Waals surface area contributed by atoms with Gasteiger partial charge in [0.25, 0.3) is 0 Å². The van der Waals surface area contributed by atoms with Gasteiger partial charge >= 0.3 is 5.97 Å². The number of hydrogen-bond donors (Lipinski definition) is 1.